The molecule has 0 aliphatic rings. The van der Waals surface area contributed by atoms with Gasteiger partial charge in [0.05, 0.1) is 6.61 Å². The second-order valence-electron chi connectivity index (χ2n) is 5.15. The van der Waals surface area contributed by atoms with Crippen LogP contribution in [0.5, 0.6) is 0 Å². The zero-order valence-electron chi connectivity index (χ0n) is 13.3. The second kappa shape index (κ2) is 9.05. The fraction of sp³-hybridized carbons (Fsp3) is 0.222. The van der Waals surface area contributed by atoms with Crippen LogP contribution in [0, 0.1) is 0 Å². The quantitative estimate of drug-likeness (QED) is 0.757. The zero-order chi connectivity index (χ0) is 17.4. The van der Waals surface area contributed by atoms with Gasteiger partial charge in [0, 0.05) is 36.3 Å². The maximum absolute atomic E-state index is 12.0. The van der Waals surface area contributed by atoms with Gasteiger partial charge >= 0.3 is 0 Å². The fourth-order valence-electron chi connectivity index (χ4n) is 2.08. The molecule has 0 aromatic heterocycles. The first kappa shape index (κ1) is 18.0. The monoisotopic (exact) mass is 346 g/mol. The molecule has 0 saturated heterocycles. The lowest BCUT2D eigenvalue weighted by molar-refractivity contribution is 0.0927. The molecule has 0 spiro atoms. The molecule has 6 heteroatoms. The summed E-state index contributed by atoms with van der Waals surface area (Å²) in [4.78, 5) is 23.9. The number of hydrogen-bond donors (Lipinski definition) is 2. The van der Waals surface area contributed by atoms with Crippen LogP contribution in [-0.2, 0) is 11.3 Å². The van der Waals surface area contributed by atoms with Crippen molar-refractivity contribution in [1.29, 1.82) is 0 Å². The highest BCUT2D eigenvalue weighted by Gasteiger charge is 2.07. The van der Waals surface area contributed by atoms with Crippen molar-refractivity contribution < 1.29 is 14.3 Å². The molecule has 0 aliphatic carbocycles. The summed E-state index contributed by atoms with van der Waals surface area (Å²) in [6.07, 6.45) is 0. The molecule has 2 N–H and O–H groups in total. The Balaban J connectivity index is 1.74. The van der Waals surface area contributed by atoms with Crippen molar-refractivity contribution in [3.63, 3.8) is 0 Å². The molecule has 126 valence electrons. The summed E-state index contributed by atoms with van der Waals surface area (Å²) >= 11 is 5.78. The Morgan fingerprint density at radius 1 is 0.875 bits per heavy atom. The SMILES string of the molecule is COCc1ccc(C(=O)NCCNC(=O)c2ccc(Cl)cc2)cc1. The van der Waals surface area contributed by atoms with E-state index in [-0.39, 0.29) is 11.8 Å². The number of rotatable bonds is 7. The zero-order valence-corrected chi connectivity index (χ0v) is 14.1. The van der Waals surface area contributed by atoms with E-state index in [0.29, 0.717) is 35.8 Å². The molecule has 0 atom stereocenters. The van der Waals surface area contributed by atoms with E-state index in [1.54, 1.807) is 43.5 Å². The van der Waals surface area contributed by atoms with Crippen LogP contribution in [-0.4, -0.2) is 32.0 Å². The highest BCUT2D eigenvalue weighted by molar-refractivity contribution is 6.30. The van der Waals surface area contributed by atoms with Crippen molar-refractivity contribution >= 4 is 23.4 Å². The van der Waals surface area contributed by atoms with Gasteiger partial charge in [-0.2, -0.15) is 0 Å². The first-order valence-electron chi connectivity index (χ1n) is 7.50. The smallest absolute Gasteiger partial charge is 0.251 e. The number of halogens is 1. The molecule has 0 saturated carbocycles. The van der Waals surface area contributed by atoms with E-state index in [0.717, 1.165) is 5.56 Å². The van der Waals surface area contributed by atoms with Gasteiger partial charge in [-0.25, -0.2) is 0 Å². The van der Waals surface area contributed by atoms with Crippen LogP contribution >= 0.6 is 11.6 Å². The van der Waals surface area contributed by atoms with Gasteiger partial charge in [-0.05, 0) is 42.0 Å². The largest absolute Gasteiger partial charge is 0.380 e. The van der Waals surface area contributed by atoms with Crippen LogP contribution in [0.15, 0.2) is 48.5 Å². The molecule has 5 nitrogen and oxygen atoms in total. The minimum absolute atomic E-state index is 0.181. The third-order valence-electron chi connectivity index (χ3n) is 3.33. The summed E-state index contributed by atoms with van der Waals surface area (Å²) < 4.78 is 5.02. The molecular formula is C18H19ClN2O3. The highest BCUT2D eigenvalue weighted by Crippen LogP contribution is 2.09. The molecule has 0 heterocycles. The third kappa shape index (κ3) is 5.37. The van der Waals surface area contributed by atoms with Gasteiger partial charge < -0.3 is 15.4 Å². The summed E-state index contributed by atoms with van der Waals surface area (Å²) in [6, 6.07) is 13.8. The maximum Gasteiger partial charge on any atom is 0.251 e. The van der Waals surface area contributed by atoms with Gasteiger partial charge in [0.1, 0.15) is 0 Å². The topological polar surface area (TPSA) is 67.4 Å². The third-order valence-corrected chi connectivity index (χ3v) is 3.58. The summed E-state index contributed by atoms with van der Waals surface area (Å²) in [7, 11) is 1.62. The summed E-state index contributed by atoms with van der Waals surface area (Å²) in [5.74, 6) is -0.385. The Morgan fingerprint density at radius 3 is 1.79 bits per heavy atom. The van der Waals surface area contributed by atoms with Crippen LogP contribution < -0.4 is 10.6 Å². The van der Waals surface area contributed by atoms with Gasteiger partial charge in [-0.15, -0.1) is 0 Å². The standard InChI is InChI=1S/C18H19ClN2O3/c1-24-12-13-2-4-14(5-3-13)17(22)20-10-11-21-18(23)15-6-8-16(19)9-7-15/h2-9H,10-12H2,1H3,(H,20,22)(H,21,23). The predicted molar refractivity (Wildman–Crippen MR) is 93.3 cm³/mol. The molecule has 0 fully saturated rings. The molecule has 24 heavy (non-hydrogen) atoms. The van der Waals surface area contributed by atoms with E-state index in [9.17, 15) is 9.59 Å². The number of benzene rings is 2. The average Bonchev–Trinajstić information content (AvgIpc) is 2.60. The van der Waals surface area contributed by atoms with Crippen LogP contribution in [0.25, 0.3) is 0 Å². The van der Waals surface area contributed by atoms with E-state index in [1.165, 1.54) is 0 Å². The Labute approximate surface area is 146 Å². The molecule has 0 radical (unpaired) electrons. The highest BCUT2D eigenvalue weighted by atomic mass is 35.5. The lowest BCUT2D eigenvalue weighted by Gasteiger charge is -2.08. The molecule has 2 amide bonds. The number of methoxy groups -OCH3 is 1. The molecule has 0 unspecified atom stereocenters. The van der Waals surface area contributed by atoms with E-state index >= 15 is 0 Å². The Hall–Kier alpha value is -2.37. The van der Waals surface area contributed by atoms with Crippen molar-refractivity contribution in [3.8, 4) is 0 Å². The number of carbonyl (C=O) groups excluding carboxylic acids is 2. The number of hydrogen-bond acceptors (Lipinski definition) is 3. The average molecular weight is 347 g/mol. The molecule has 0 bridgehead atoms. The Morgan fingerprint density at radius 2 is 1.33 bits per heavy atom. The van der Waals surface area contributed by atoms with Crippen molar-refractivity contribution in [2.75, 3.05) is 20.2 Å². The van der Waals surface area contributed by atoms with Crippen LogP contribution in [0.4, 0.5) is 0 Å². The second-order valence-corrected chi connectivity index (χ2v) is 5.59. The lowest BCUT2D eigenvalue weighted by atomic mass is 10.1. The maximum atomic E-state index is 12.0. The Kier molecular flexibility index (Phi) is 6.78. The van der Waals surface area contributed by atoms with E-state index in [1.807, 2.05) is 12.1 Å². The van der Waals surface area contributed by atoms with Gasteiger partial charge in [-0.1, -0.05) is 23.7 Å². The first-order chi connectivity index (χ1) is 11.6. The van der Waals surface area contributed by atoms with Crippen molar-refractivity contribution in [2.45, 2.75) is 6.61 Å². The lowest BCUT2D eigenvalue weighted by Crippen LogP contribution is -2.34. The molecule has 2 aromatic carbocycles. The minimum atomic E-state index is -0.204. The minimum Gasteiger partial charge on any atom is -0.380 e. The van der Waals surface area contributed by atoms with Gasteiger partial charge in [0.15, 0.2) is 0 Å². The molecule has 0 aliphatic heterocycles. The van der Waals surface area contributed by atoms with Crippen molar-refractivity contribution in [2.24, 2.45) is 0 Å². The number of amides is 2. The molecule has 2 rings (SSSR count). The number of nitrogens with one attached hydrogen (secondary N) is 2. The summed E-state index contributed by atoms with van der Waals surface area (Å²) in [6.45, 7) is 1.20. The van der Waals surface area contributed by atoms with Gasteiger partial charge in [0.2, 0.25) is 0 Å². The fourth-order valence-corrected chi connectivity index (χ4v) is 2.20. The van der Waals surface area contributed by atoms with Crippen LogP contribution in [0.2, 0.25) is 5.02 Å². The van der Waals surface area contributed by atoms with E-state index < -0.39 is 0 Å². The normalized spacial score (nSPS) is 10.2. The van der Waals surface area contributed by atoms with Gasteiger partial charge in [0.25, 0.3) is 11.8 Å². The number of ether oxygens (including phenoxy) is 1. The summed E-state index contributed by atoms with van der Waals surface area (Å²) in [5, 5.41) is 6.08. The van der Waals surface area contributed by atoms with E-state index in [2.05, 4.69) is 10.6 Å². The van der Waals surface area contributed by atoms with Gasteiger partial charge in [-0.3, -0.25) is 9.59 Å². The van der Waals surface area contributed by atoms with E-state index in [4.69, 9.17) is 16.3 Å². The van der Waals surface area contributed by atoms with Crippen molar-refractivity contribution in [3.05, 3.63) is 70.2 Å². The number of carbonyl (C=O) groups is 2. The molecule has 2 aromatic rings. The first-order valence-corrected chi connectivity index (χ1v) is 7.88. The van der Waals surface area contributed by atoms with Crippen LogP contribution in [0.1, 0.15) is 26.3 Å². The predicted octanol–water partition coefficient (Wildman–Crippen LogP) is 2.65. The van der Waals surface area contributed by atoms with Crippen LogP contribution in [0.3, 0.4) is 0 Å². The molecular weight excluding hydrogens is 328 g/mol. The Bertz CT molecular complexity index is 684. The van der Waals surface area contributed by atoms with Crippen molar-refractivity contribution in [1.82, 2.24) is 10.6 Å². The summed E-state index contributed by atoms with van der Waals surface area (Å²) in [5.41, 5.74) is 2.10.